The maximum Gasteiger partial charge on any atom is 0.229 e. The maximum atomic E-state index is 12.3. The normalized spacial score (nSPS) is 13.0. The molecule has 0 radical (unpaired) electrons. The van der Waals surface area contributed by atoms with Crippen molar-refractivity contribution in [3.63, 3.8) is 0 Å². The van der Waals surface area contributed by atoms with Crippen molar-refractivity contribution in [2.45, 2.75) is 44.9 Å². The number of methoxy groups -OCH3 is 1. The fourth-order valence-corrected chi connectivity index (χ4v) is 4.55. The van der Waals surface area contributed by atoms with Crippen molar-refractivity contribution in [2.24, 2.45) is 5.92 Å². The van der Waals surface area contributed by atoms with Crippen LogP contribution in [0.4, 0.5) is 17.5 Å². The Kier molecular flexibility index (Phi) is 17.3. The van der Waals surface area contributed by atoms with Crippen LogP contribution < -0.4 is 15.4 Å². The first kappa shape index (κ1) is 35.0. The molecular formula is C31H48BrN5O6. The van der Waals surface area contributed by atoms with Crippen LogP contribution in [0.15, 0.2) is 34.9 Å². The average molecular weight is 667 g/mol. The van der Waals surface area contributed by atoms with Crippen LogP contribution in [0.2, 0.25) is 0 Å². The van der Waals surface area contributed by atoms with Crippen LogP contribution in [-0.4, -0.2) is 101 Å². The molecule has 0 aliphatic heterocycles. The Labute approximate surface area is 264 Å². The van der Waals surface area contributed by atoms with E-state index in [1.54, 1.807) is 18.2 Å². The summed E-state index contributed by atoms with van der Waals surface area (Å²) in [4.78, 5) is 23.1. The van der Waals surface area contributed by atoms with Crippen molar-refractivity contribution >= 4 is 39.3 Å². The van der Waals surface area contributed by atoms with Crippen molar-refractivity contribution in [1.82, 2.24) is 14.9 Å². The molecule has 2 N–H and O–H groups in total. The van der Waals surface area contributed by atoms with Crippen LogP contribution in [0.25, 0.3) is 0 Å². The van der Waals surface area contributed by atoms with Crippen molar-refractivity contribution in [3.05, 3.63) is 34.9 Å². The van der Waals surface area contributed by atoms with Gasteiger partial charge in [0.1, 0.15) is 11.6 Å². The summed E-state index contributed by atoms with van der Waals surface area (Å²) in [6.45, 7) is 6.74. The second-order valence-electron chi connectivity index (χ2n) is 10.4. The second-order valence-corrected chi connectivity index (χ2v) is 11.3. The standard InChI is InChI=1S/C31H48BrN5O6/c1-37(30(38)25-8-3-9-25)15-14-33-29-28(32)24-34-31(36-29)35-26-10-12-27(13-11-26)43-23-7-22-42-21-6-20-41-19-5-18-40-17-4-16-39-2/h10-13,24-25H,3-9,14-23H2,1-2H3,(H2,33,34,35,36). The van der Waals surface area contributed by atoms with Gasteiger partial charge in [-0.2, -0.15) is 4.98 Å². The fourth-order valence-electron chi connectivity index (χ4n) is 4.22. The van der Waals surface area contributed by atoms with Gasteiger partial charge in [-0.25, -0.2) is 4.98 Å². The Hall–Kier alpha value is -2.51. The lowest BCUT2D eigenvalue weighted by Gasteiger charge is -2.29. The number of carbonyl (C=O) groups is 1. The summed E-state index contributed by atoms with van der Waals surface area (Å²) < 4.78 is 28.4. The molecule has 1 aromatic heterocycles. The van der Waals surface area contributed by atoms with Gasteiger partial charge >= 0.3 is 0 Å². The smallest absolute Gasteiger partial charge is 0.229 e. The Morgan fingerprint density at radius 2 is 1.53 bits per heavy atom. The number of likely N-dealkylation sites (N-methyl/N-ethyl adjacent to an activating group) is 1. The van der Waals surface area contributed by atoms with E-state index in [4.69, 9.17) is 23.7 Å². The molecule has 2 aromatic rings. The van der Waals surface area contributed by atoms with Crippen molar-refractivity contribution in [3.8, 4) is 5.75 Å². The third-order valence-corrected chi connectivity index (χ3v) is 7.50. The Morgan fingerprint density at radius 1 is 0.930 bits per heavy atom. The van der Waals surface area contributed by atoms with E-state index in [0.29, 0.717) is 57.9 Å². The Morgan fingerprint density at radius 3 is 2.12 bits per heavy atom. The molecule has 0 atom stereocenters. The van der Waals surface area contributed by atoms with E-state index < -0.39 is 0 Å². The topological polar surface area (TPSA) is 116 Å². The number of ether oxygens (including phenoxy) is 5. The van der Waals surface area contributed by atoms with Crippen LogP contribution in [0.1, 0.15) is 44.9 Å². The highest BCUT2D eigenvalue weighted by Crippen LogP contribution is 2.28. The number of carbonyl (C=O) groups excluding carboxylic acids is 1. The molecule has 0 bridgehead atoms. The zero-order valence-electron chi connectivity index (χ0n) is 25.7. The van der Waals surface area contributed by atoms with Crippen molar-refractivity contribution in [2.75, 3.05) is 90.7 Å². The molecule has 0 spiro atoms. The summed E-state index contributed by atoms with van der Waals surface area (Å²) in [6.07, 6.45) is 8.41. The third-order valence-electron chi connectivity index (χ3n) is 6.92. The number of amides is 1. The van der Waals surface area contributed by atoms with Crippen LogP contribution >= 0.6 is 15.9 Å². The molecule has 1 fully saturated rings. The van der Waals surface area contributed by atoms with Gasteiger partial charge in [0.05, 0.1) is 11.1 Å². The lowest BCUT2D eigenvalue weighted by Crippen LogP contribution is -2.38. The molecule has 240 valence electrons. The molecule has 0 saturated heterocycles. The lowest BCUT2D eigenvalue weighted by molar-refractivity contribution is -0.136. The molecule has 1 aliphatic carbocycles. The summed E-state index contributed by atoms with van der Waals surface area (Å²) in [6, 6.07) is 7.69. The number of nitrogens with zero attached hydrogens (tertiary/aromatic N) is 3. The van der Waals surface area contributed by atoms with Crippen molar-refractivity contribution < 1.29 is 28.5 Å². The predicted molar refractivity (Wildman–Crippen MR) is 171 cm³/mol. The minimum atomic E-state index is 0.206. The molecule has 43 heavy (non-hydrogen) atoms. The SMILES string of the molecule is COCCCOCCCOCCCOCCCOc1ccc(Nc2ncc(Br)c(NCCN(C)C(=O)C3CCC3)n2)cc1. The van der Waals surface area contributed by atoms with E-state index in [9.17, 15) is 4.79 Å². The summed E-state index contributed by atoms with van der Waals surface area (Å²) in [7, 11) is 3.56. The minimum absolute atomic E-state index is 0.206. The lowest BCUT2D eigenvalue weighted by atomic mass is 9.84. The largest absolute Gasteiger partial charge is 0.494 e. The number of halogens is 1. The summed E-state index contributed by atoms with van der Waals surface area (Å²) in [5, 5.41) is 6.52. The van der Waals surface area contributed by atoms with E-state index in [1.807, 2.05) is 31.3 Å². The van der Waals surface area contributed by atoms with Crippen LogP contribution in [-0.2, 0) is 23.7 Å². The van der Waals surface area contributed by atoms with E-state index in [-0.39, 0.29) is 11.8 Å². The van der Waals surface area contributed by atoms with Crippen LogP contribution in [0.5, 0.6) is 5.75 Å². The van der Waals surface area contributed by atoms with Gasteiger partial charge in [0, 0.05) is 97.7 Å². The number of aromatic nitrogens is 2. The molecule has 1 amide bonds. The van der Waals surface area contributed by atoms with Gasteiger partial charge in [0.15, 0.2) is 0 Å². The molecule has 1 aromatic carbocycles. The highest BCUT2D eigenvalue weighted by Gasteiger charge is 2.27. The summed E-state index contributed by atoms with van der Waals surface area (Å²) in [5.74, 6) is 2.38. The van der Waals surface area contributed by atoms with Gasteiger partial charge in [-0.1, -0.05) is 6.42 Å². The Balaban J connectivity index is 1.22. The maximum absolute atomic E-state index is 12.3. The van der Waals surface area contributed by atoms with Crippen molar-refractivity contribution in [1.29, 1.82) is 0 Å². The van der Waals surface area contributed by atoms with Crippen LogP contribution in [0.3, 0.4) is 0 Å². The van der Waals surface area contributed by atoms with Gasteiger partial charge < -0.3 is 39.2 Å². The first-order chi connectivity index (χ1) is 21.1. The van der Waals surface area contributed by atoms with Crippen LogP contribution in [0, 0.1) is 5.92 Å². The first-order valence-electron chi connectivity index (χ1n) is 15.3. The summed E-state index contributed by atoms with van der Waals surface area (Å²) >= 11 is 3.50. The number of nitrogens with one attached hydrogen (secondary N) is 2. The number of anilines is 3. The monoisotopic (exact) mass is 665 g/mol. The number of benzene rings is 1. The zero-order valence-corrected chi connectivity index (χ0v) is 27.2. The number of rotatable bonds is 24. The number of hydrogen-bond acceptors (Lipinski definition) is 10. The molecule has 1 saturated carbocycles. The molecule has 1 aliphatic rings. The van der Waals surface area contributed by atoms with Gasteiger partial charge in [-0.15, -0.1) is 0 Å². The summed E-state index contributed by atoms with van der Waals surface area (Å²) in [5.41, 5.74) is 0.853. The van der Waals surface area contributed by atoms with E-state index in [1.165, 1.54) is 0 Å². The van der Waals surface area contributed by atoms with Gasteiger partial charge in [0.2, 0.25) is 11.9 Å². The molecule has 12 heteroatoms. The molecule has 0 unspecified atom stereocenters. The molecule has 1 heterocycles. The minimum Gasteiger partial charge on any atom is -0.494 e. The molecule has 11 nitrogen and oxygen atoms in total. The first-order valence-corrected chi connectivity index (χ1v) is 16.1. The fraction of sp³-hybridized carbons (Fsp3) is 0.645. The number of hydrogen-bond donors (Lipinski definition) is 2. The predicted octanol–water partition coefficient (Wildman–Crippen LogP) is 5.29. The van der Waals surface area contributed by atoms with Gasteiger partial charge in [-0.3, -0.25) is 4.79 Å². The Bertz CT molecular complexity index is 1040. The third kappa shape index (κ3) is 14.2. The van der Waals surface area contributed by atoms with Gasteiger partial charge in [-0.05, 0) is 72.3 Å². The highest BCUT2D eigenvalue weighted by molar-refractivity contribution is 9.10. The average Bonchev–Trinajstić information content (AvgIpc) is 2.98. The van der Waals surface area contributed by atoms with Gasteiger partial charge in [0.25, 0.3) is 0 Å². The van der Waals surface area contributed by atoms with E-state index in [0.717, 1.165) is 80.7 Å². The zero-order chi connectivity index (χ0) is 30.5. The molecule has 3 rings (SSSR count). The van der Waals surface area contributed by atoms with E-state index >= 15 is 0 Å². The van der Waals surface area contributed by atoms with E-state index in [2.05, 4.69) is 36.5 Å². The quantitative estimate of drug-likeness (QED) is 0.143. The highest BCUT2D eigenvalue weighted by atomic mass is 79.9. The second kappa shape index (κ2) is 21.2. The molecular weight excluding hydrogens is 618 g/mol.